The molecule has 3 rings (SSSR count). The van der Waals surface area contributed by atoms with Gasteiger partial charge in [-0.15, -0.1) is 0 Å². The molecular weight excluding hydrogens is 262 g/mol. The van der Waals surface area contributed by atoms with Gasteiger partial charge in [-0.05, 0) is 43.9 Å². The molecule has 1 aromatic carbocycles. The van der Waals surface area contributed by atoms with E-state index in [0.717, 1.165) is 25.1 Å². The highest BCUT2D eigenvalue weighted by molar-refractivity contribution is 5.79. The number of nitrogens with zero attached hydrogens (tertiary/aromatic N) is 2. The monoisotopic (exact) mass is 283 g/mol. The Morgan fingerprint density at radius 2 is 2.24 bits per heavy atom. The molecule has 1 saturated heterocycles. The molecule has 0 spiro atoms. The van der Waals surface area contributed by atoms with Crippen LogP contribution in [0.4, 0.5) is 0 Å². The second-order valence-electron chi connectivity index (χ2n) is 5.86. The van der Waals surface area contributed by atoms with Crippen molar-refractivity contribution in [1.29, 1.82) is 0 Å². The molecule has 1 amide bonds. The van der Waals surface area contributed by atoms with Crippen molar-refractivity contribution in [1.82, 2.24) is 15.1 Å². The van der Waals surface area contributed by atoms with Crippen molar-refractivity contribution in [3.8, 4) is 0 Å². The Bertz CT molecular complexity index is 633. The fraction of sp³-hybridized carbons (Fsp3) is 0.412. The molecule has 1 N–H and O–H groups in total. The predicted octanol–water partition coefficient (Wildman–Crippen LogP) is 2.93. The highest BCUT2D eigenvalue weighted by Gasteiger charge is 2.30. The molecular formula is C17H21N3O. The molecule has 110 valence electrons. The summed E-state index contributed by atoms with van der Waals surface area (Å²) in [7, 11) is 0. The fourth-order valence-electron chi connectivity index (χ4n) is 3.16. The largest absolute Gasteiger partial charge is 0.335 e. The summed E-state index contributed by atoms with van der Waals surface area (Å²) < 4.78 is 0. The maximum absolute atomic E-state index is 12.6. The van der Waals surface area contributed by atoms with E-state index in [-0.39, 0.29) is 11.9 Å². The van der Waals surface area contributed by atoms with E-state index in [2.05, 4.69) is 42.2 Å². The average Bonchev–Trinajstić information content (AvgIpc) is 3.12. The van der Waals surface area contributed by atoms with Crippen LogP contribution in [0.2, 0.25) is 0 Å². The van der Waals surface area contributed by atoms with Gasteiger partial charge in [0.15, 0.2) is 0 Å². The Balaban J connectivity index is 1.82. The van der Waals surface area contributed by atoms with Gasteiger partial charge in [-0.2, -0.15) is 5.10 Å². The Labute approximate surface area is 125 Å². The topological polar surface area (TPSA) is 49.0 Å². The minimum atomic E-state index is 0.183. The van der Waals surface area contributed by atoms with Crippen LogP contribution >= 0.6 is 0 Å². The first kappa shape index (κ1) is 13.9. The summed E-state index contributed by atoms with van der Waals surface area (Å²) in [5.74, 6) is 0.183. The molecule has 1 aliphatic heterocycles. The number of hydrogen-bond donors (Lipinski definition) is 1. The van der Waals surface area contributed by atoms with Gasteiger partial charge in [0.2, 0.25) is 5.91 Å². The number of carbonyl (C=O) groups excluding carboxylic acids is 1. The quantitative estimate of drug-likeness (QED) is 0.941. The number of nitrogens with one attached hydrogen (secondary N) is 1. The third-order valence-corrected chi connectivity index (χ3v) is 4.27. The van der Waals surface area contributed by atoms with Gasteiger partial charge in [0.1, 0.15) is 0 Å². The molecule has 1 aromatic heterocycles. The third kappa shape index (κ3) is 2.84. The van der Waals surface area contributed by atoms with Gasteiger partial charge in [-0.3, -0.25) is 9.89 Å². The Kier molecular flexibility index (Phi) is 3.78. The molecule has 4 heteroatoms. The lowest BCUT2D eigenvalue weighted by atomic mass is 9.97. The fourth-order valence-corrected chi connectivity index (χ4v) is 3.16. The molecule has 0 aliphatic carbocycles. The maximum atomic E-state index is 12.6. The Morgan fingerprint density at radius 3 is 3.00 bits per heavy atom. The van der Waals surface area contributed by atoms with E-state index < -0.39 is 0 Å². The molecule has 0 radical (unpaired) electrons. The summed E-state index contributed by atoms with van der Waals surface area (Å²) in [6.45, 7) is 5.09. The number of likely N-dealkylation sites (tertiary alicyclic amines) is 1. The molecule has 1 aliphatic rings. The Hall–Kier alpha value is -2.10. The number of aryl methyl sites for hydroxylation is 2. The summed E-state index contributed by atoms with van der Waals surface area (Å²) >= 11 is 0. The van der Waals surface area contributed by atoms with E-state index >= 15 is 0 Å². The first-order valence-electron chi connectivity index (χ1n) is 7.50. The van der Waals surface area contributed by atoms with Gasteiger partial charge in [-0.1, -0.05) is 23.8 Å². The van der Waals surface area contributed by atoms with Crippen LogP contribution in [-0.4, -0.2) is 27.5 Å². The van der Waals surface area contributed by atoms with Crippen molar-refractivity contribution in [3.05, 3.63) is 52.8 Å². The van der Waals surface area contributed by atoms with Crippen molar-refractivity contribution in [2.45, 2.75) is 39.2 Å². The highest BCUT2D eigenvalue weighted by Crippen LogP contribution is 2.34. The summed E-state index contributed by atoms with van der Waals surface area (Å²) in [5, 5.41) is 6.78. The van der Waals surface area contributed by atoms with Crippen molar-refractivity contribution < 1.29 is 4.79 Å². The number of carbonyl (C=O) groups is 1. The van der Waals surface area contributed by atoms with Crippen LogP contribution in [0.5, 0.6) is 0 Å². The summed E-state index contributed by atoms with van der Waals surface area (Å²) in [6.07, 6.45) is 4.22. The molecule has 1 unspecified atom stereocenters. The zero-order valence-electron chi connectivity index (χ0n) is 12.6. The SMILES string of the molecule is Cc1ccc(C)c(C2CCCN2C(=O)Cc2ccn[nH]2)c1. The minimum Gasteiger partial charge on any atom is -0.335 e. The van der Waals surface area contributed by atoms with Crippen LogP contribution < -0.4 is 0 Å². The molecule has 2 heterocycles. The number of hydrogen-bond acceptors (Lipinski definition) is 2. The smallest absolute Gasteiger partial charge is 0.229 e. The van der Waals surface area contributed by atoms with Crippen LogP contribution in [0.3, 0.4) is 0 Å². The number of aromatic nitrogens is 2. The van der Waals surface area contributed by atoms with E-state index in [9.17, 15) is 4.79 Å². The normalized spacial score (nSPS) is 18.2. The standard InChI is InChI=1S/C17H21N3O/c1-12-5-6-13(2)15(10-12)16-4-3-9-20(16)17(21)11-14-7-8-18-19-14/h5-8,10,16H,3-4,9,11H2,1-2H3,(H,18,19). The third-order valence-electron chi connectivity index (χ3n) is 4.27. The van der Waals surface area contributed by atoms with Crippen molar-refractivity contribution in [2.75, 3.05) is 6.54 Å². The number of H-pyrrole nitrogens is 1. The number of amides is 1. The van der Waals surface area contributed by atoms with Crippen LogP contribution in [0.1, 0.15) is 41.3 Å². The van der Waals surface area contributed by atoms with Gasteiger partial charge >= 0.3 is 0 Å². The maximum Gasteiger partial charge on any atom is 0.229 e. The van der Waals surface area contributed by atoms with E-state index in [1.807, 2.05) is 11.0 Å². The number of rotatable bonds is 3. The van der Waals surface area contributed by atoms with Crippen molar-refractivity contribution in [2.24, 2.45) is 0 Å². The first-order valence-corrected chi connectivity index (χ1v) is 7.50. The van der Waals surface area contributed by atoms with Crippen LogP contribution in [0.15, 0.2) is 30.5 Å². The van der Waals surface area contributed by atoms with Gasteiger partial charge in [-0.25, -0.2) is 0 Å². The Morgan fingerprint density at radius 1 is 1.38 bits per heavy atom. The van der Waals surface area contributed by atoms with E-state index in [4.69, 9.17) is 0 Å². The average molecular weight is 283 g/mol. The number of aromatic amines is 1. The summed E-state index contributed by atoms with van der Waals surface area (Å²) in [6, 6.07) is 8.59. The molecule has 2 aromatic rings. The lowest BCUT2D eigenvalue weighted by Gasteiger charge is -2.26. The van der Waals surface area contributed by atoms with Crippen LogP contribution in [0, 0.1) is 13.8 Å². The molecule has 21 heavy (non-hydrogen) atoms. The second kappa shape index (κ2) is 5.72. The van der Waals surface area contributed by atoms with Gasteiger partial charge in [0.25, 0.3) is 0 Å². The van der Waals surface area contributed by atoms with Gasteiger partial charge in [0, 0.05) is 18.4 Å². The summed E-state index contributed by atoms with van der Waals surface area (Å²) in [4.78, 5) is 14.6. The molecule has 4 nitrogen and oxygen atoms in total. The summed E-state index contributed by atoms with van der Waals surface area (Å²) in [5.41, 5.74) is 4.70. The second-order valence-corrected chi connectivity index (χ2v) is 5.86. The minimum absolute atomic E-state index is 0.183. The predicted molar refractivity (Wildman–Crippen MR) is 81.9 cm³/mol. The zero-order valence-corrected chi connectivity index (χ0v) is 12.6. The molecule has 0 saturated carbocycles. The zero-order chi connectivity index (χ0) is 14.8. The van der Waals surface area contributed by atoms with Crippen molar-refractivity contribution in [3.63, 3.8) is 0 Å². The van der Waals surface area contributed by atoms with E-state index in [1.165, 1.54) is 16.7 Å². The molecule has 1 atom stereocenters. The first-order chi connectivity index (χ1) is 10.1. The van der Waals surface area contributed by atoms with Gasteiger partial charge in [0.05, 0.1) is 12.5 Å². The van der Waals surface area contributed by atoms with Crippen LogP contribution in [-0.2, 0) is 11.2 Å². The van der Waals surface area contributed by atoms with Crippen molar-refractivity contribution >= 4 is 5.91 Å². The molecule has 0 bridgehead atoms. The highest BCUT2D eigenvalue weighted by atomic mass is 16.2. The lowest BCUT2D eigenvalue weighted by Crippen LogP contribution is -2.32. The molecule has 1 fully saturated rings. The van der Waals surface area contributed by atoms with E-state index in [1.54, 1.807) is 6.20 Å². The lowest BCUT2D eigenvalue weighted by molar-refractivity contribution is -0.131. The van der Waals surface area contributed by atoms with E-state index in [0.29, 0.717) is 6.42 Å². The van der Waals surface area contributed by atoms with Gasteiger partial charge < -0.3 is 4.90 Å². The van der Waals surface area contributed by atoms with Crippen LogP contribution in [0.25, 0.3) is 0 Å². The number of benzene rings is 1.